The van der Waals surface area contributed by atoms with E-state index in [4.69, 9.17) is 9.47 Å². The third kappa shape index (κ3) is 3.86. The molecule has 0 saturated carbocycles. The van der Waals surface area contributed by atoms with Crippen molar-refractivity contribution < 1.29 is 9.47 Å². The second kappa shape index (κ2) is 6.54. The van der Waals surface area contributed by atoms with Crippen molar-refractivity contribution in [2.75, 3.05) is 13.2 Å². The van der Waals surface area contributed by atoms with E-state index in [9.17, 15) is 0 Å². The van der Waals surface area contributed by atoms with Gasteiger partial charge in [-0.05, 0) is 30.5 Å². The van der Waals surface area contributed by atoms with Crippen molar-refractivity contribution in [2.45, 2.75) is 40.2 Å². The number of aryl methyl sites for hydroxylation is 2. The molecule has 0 aliphatic carbocycles. The maximum absolute atomic E-state index is 5.64. The van der Waals surface area contributed by atoms with Gasteiger partial charge in [-0.25, -0.2) is 0 Å². The van der Waals surface area contributed by atoms with Gasteiger partial charge in [0.1, 0.15) is 18.5 Å². The molecule has 0 radical (unpaired) electrons. The van der Waals surface area contributed by atoms with Crippen LogP contribution in [0.2, 0.25) is 0 Å². The van der Waals surface area contributed by atoms with Gasteiger partial charge in [0.15, 0.2) is 0 Å². The van der Waals surface area contributed by atoms with E-state index in [0.717, 1.165) is 18.8 Å². The van der Waals surface area contributed by atoms with E-state index >= 15 is 0 Å². The molecule has 1 aromatic carbocycles. The molecule has 0 spiro atoms. The van der Waals surface area contributed by atoms with E-state index in [1.807, 2.05) is 13.8 Å². The Bertz CT molecular complexity index is 317. The second-order valence-electron chi connectivity index (χ2n) is 3.72. The molecule has 2 rings (SSSR count). The quantitative estimate of drug-likeness (QED) is 0.729. The highest BCUT2D eigenvalue weighted by molar-refractivity contribution is 5.36. The van der Waals surface area contributed by atoms with Crippen LogP contribution in [0.4, 0.5) is 0 Å². The van der Waals surface area contributed by atoms with Crippen molar-refractivity contribution in [1.29, 1.82) is 0 Å². The molecule has 1 aliphatic heterocycles. The van der Waals surface area contributed by atoms with Crippen LogP contribution in [-0.4, -0.2) is 19.3 Å². The van der Waals surface area contributed by atoms with E-state index in [-0.39, 0.29) is 0 Å². The van der Waals surface area contributed by atoms with Crippen LogP contribution < -0.4 is 4.74 Å². The lowest BCUT2D eigenvalue weighted by Crippen LogP contribution is -2.05. The van der Waals surface area contributed by atoms with Crippen LogP contribution in [0.25, 0.3) is 0 Å². The SMILES string of the molecule is CC.CCc1ccc(OCC2CO2)c(C)c1. The van der Waals surface area contributed by atoms with E-state index in [2.05, 4.69) is 32.0 Å². The average molecular weight is 222 g/mol. The summed E-state index contributed by atoms with van der Waals surface area (Å²) in [4.78, 5) is 0. The summed E-state index contributed by atoms with van der Waals surface area (Å²) in [7, 11) is 0. The Morgan fingerprint density at radius 3 is 2.56 bits per heavy atom. The molecule has 16 heavy (non-hydrogen) atoms. The monoisotopic (exact) mass is 222 g/mol. The zero-order chi connectivity index (χ0) is 12.0. The number of benzene rings is 1. The van der Waals surface area contributed by atoms with Crippen LogP contribution in [0.1, 0.15) is 31.9 Å². The van der Waals surface area contributed by atoms with Crippen LogP contribution in [0, 0.1) is 6.92 Å². The zero-order valence-electron chi connectivity index (χ0n) is 10.7. The molecular formula is C14H22O2. The van der Waals surface area contributed by atoms with Crippen molar-refractivity contribution in [1.82, 2.24) is 0 Å². The van der Waals surface area contributed by atoms with Gasteiger partial charge in [0, 0.05) is 0 Å². The Hall–Kier alpha value is -1.02. The van der Waals surface area contributed by atoms with Gasteiger partial charge in [-0.15, -0.1) is 0 Å². The summed E-state index contributed by atoms with van der Waals surface area (Å²) in [5, 5.41) is 0. The molecule has 1 saturated heterocycles. The smallest absolute Gasteiger partial charge is 0.122 e. The summed E-state index contributed by atoms with van der Waals surface area (Å²) in [6, 6.07) is 6.36. The molecule has 0 aromatic heterocycles. The molecule has 2 heteroatoms. The Balaban J connectivity index is 0.000000606. The summed E-state index contributed by atoms with van der Waals surface area (Å²) in [5.41, 5.74) is 2.57. The lowest BCUT2D eigenvalue weighted by molar-refractivity contribution is 0.261. The molecule has 0 amide bonds. The number of epoxide rings is 1. The fraction of sp³-hybridized carbons (Fsp3) is 0.571. The first-order valence-electron chi connectivity index (χ1n) is 6.13. The maximum atomic E-state index is 5.64. The molecular weight excluding hydrogens is 200 g/mol. The first-order chi connectivity index (χ1) is 7.79. The largest absolute Gasteiger partial charge is 0.491 e. The Morgan fingerprint density at radius 2 is 2.06 bits per heavy atom. The van der Waals surface area contributed by atoms with Crippen LogP contribution in [0.5, 0.6) is 5.75 Å². The summed E-state index contributed by atoms with van der Waals surface area (Å²) >= 11 is 0. The van der Waals surface area contributed by atoms with Crippen molar-refractivity contribution in [3.05, 3.63) is 29.3 Å². The van der Waals surface area contributed by atoms with Gasteiger partial charge in [0.05, 0.1) is 6.61 Å². The predicted molar refractivity (Wildman–Crippen MR) is 67.1 cm³/mol. The fourth-order valence-electron chi connectivity index (χ4n) is 1.44. The molecule has 90 valence electrons. The Labute approximate surface area is 98.6 Å². The van der Waals surface area contributed by atoms with Gasteiger partial charge in [0.2, 0.25) is 0 Å². The maximum Gasteiger partial charge on any atom is 0.122 e. The van der Waals surface area contributed by atoms with Gasteiger partial charge in [0.25, 0.3) is 0 Å². The molecule has 1 aliphatic rings. The Kier molecular flexibility index (Phi) is 5.33. The zero-order valence-corrected chi connectivity index (χ0v) is 10.7. The topological polar surface area (TPSA) is 21.8 Å². The van der Waals surface area contributed by atoms with E-state index in [0.29, 0.717) is 12.7 Å². The number of hydrogen-bond donors (Lipinski definition) is 0. The van der Waals surface area contributed by atoms with Crippen LogP contribution in [-0.2, 0) is 11.2 Å². The third-order valence-corrected chi connectivity index (χ3v) is 2.47. The van der Waals surface area contributed by atoms with Gasteiger partial charge in [-0.1, -0.05) is 32.9 Å². The molecule has 1 aromatic rings. The van der Waals surface area contributed by atoms with Crippen molar-refractivity contribution in [3.63, 3.8) is 0 Å². The molecule has 0 N–H and O–H groups in total. The molecule has 0 bridgehead atoms. The van der Waals surface area contributed by atoms with Crippen molar-refractivity contribution in [2.24, 2.45) is 0 Å². The van der Waals surface area contributed by atoms with E-state index in [1.165, 1.54) is 11.1 Å². The standard InChI is InChI=1S/C12H16O2.C2H6/c1-3-10-4-5-12(9(2)6-10)14-8-11-7-13-11;1-2/h4-6,11H,3,7-8H2,1-2H3;1-2H3. The number of hydrogen-bond acceptors (Lipinski definition) is 2. The second-order valence-corrected chi connectivity index (χ2v) is 3.72. The highest BCUT2D eigenvalue weighted by Crippen LogP contribution is 2.21. The molecule has 1 atom stereocenters. The van der Waals surface area contributed by atoms with Crippen molar-refractivity contribution in [3.8, 4) is 5.75 Å². The fourth-order valence-corrected chi connectivity index (χ4v) is 1.44. The van der Waals surface area contributed by atoms with Crippen LogP contribution in [0.3, 0.4) is 0 Å². The highest BCUT2D eigenvalue weighted by Gasteiger charge is 2.23. The average Bonchev–Trinajstić information content (AvgIpc) is 3.14. The highest BCUT2D eigenvalue weighted by atomic mass is 16.6. The number of rotatable bonds is 4. The van der Waals surface area contributed by atoms with E-state index < -0.39 is 0 Å². The van der Waals surface area contributed by atoms with Crippen LogP contribution >= 0.6 is 0 Å². The van der Waals surface area contributed by atoms with Gasteiger partial charge < -0.3 is 9.47 Å². The lowest BCUT2D eigenvalue weighted by atomic mass is 10.1. The minimum Gasteiger partial charge on any atom is -0.491 e. The van der Waals surface area contributed by atoms with Gasteiger partial charge >= 0.3 is 0 Å². The minimum atomic E-state index is 0.334. The molecule has 1 heterocycles. The lowest BCUT2D eigenvalue weighted by Gasteiger charge is -2.08. The van der Waals surface area contributed by atoms with Crippen molar-refractivity contribution >= 4 is 0 Å². The third-order valence-electron chi connectivity index (χ3n) is 2.47. The molecule has 1 fully saturated rings. The molecule has 1 unspecified atom stereocenters. The summed E-state index contributed by atoms with van der Waals surface area (Å²) in [6.07, 6.45) is 1.41. The van der Waals surface area contributed by atoms with Crippen LogP contribution in [0.15, 0.2) is 18.2 Å². The minimum absolute atomic E-state index is 0.334. The first-order valence-corrected chi connectivity index (χ1v) is 6.13. The number of ether oxygens (including phenoxy) is 2. The molecule has 2 nitrogen and oxygen atoms in total. The predicted octanol–water partition coefficient (Wildman–Crippen LogP) is 3.36. The summed E-state index contributed by atoms with van der Waals surface area (Å²) in [5.74, 6) is 0.984. The first kappa shape index (κ1) is 13.0. The van der Waals surface area contributed by atoms with E-state index in [1.54, 1.807) is 0 Å². The summed E-state index contributed by atoms with van der Waals surface area (Å²) in [6.45, 7) is 9.79. The Morgan fingerprint density at radius 1 is 1.38 bits per heavy atom. The van der Waals surface area contributed by atoms with Gasteiger partial charge in [-0.2, -0.15) is 0 Å². The summed E-state index contributed by atoms with van der Waals surface area (Å²) < 4.78 is 10.7. The normalized spacial score (nSPS) is 17.4. The van der Waals surface area contributed by atoms with Gasteiger partial charge in [-0.3, -0.25) is 0 Å².